The van der Waals surface area contributed by atoms with Crippen LogP contribution in [0, 0.1) is 17.8 Å². The number of aromatic nitrogens is 1. The molecule has 1 amide bonds. The smallest absolute Gasteiger partial charge is 0.252 e. The second-order valence-electron chi connectivity index (χ2n) is 7.78. The Labute approximate surface area is 157 Å². The molecule has 3 aliphatic rings. The average molecular weight is 363 g/mol. The van der Waals surface area contributed by atoms with Gasteiger partial charge in [0.05, 0.1) is 11.7 Å². The molecule has 2 aliphatic carbocycles. The van der Waals surface area contributed by atoms with E-state index in [4.69, 9.17) is 8.95 Å². The normalized spacial score (nSPS) is 38.9. The molecule has 26 heavy (non-hydrogen) atoms. The monoisotopic (exact) mass is 363 g/mol. The quantitative estimate of drug-likeness (QED) is 0.749. The van der Waals surface area contributed by atoms with Crippen molar-refractivity contribution in [1.29, 1.82) is 0 Å². The Morgan fingerprint density at radius 2 is 2.15 bits per heavy atom. The lowest BCUT2D eigenvalue weighted by molar-refractivity contribution is 0.0228. The summed E-state index contributed by atoms with van der Waals surface area (Å²) in [6.45, 7) is -2.19. The van der Waals surface area contributed by atoms with Gasteiger partial charge < -0.3 is 9.88 Å². The summed E-state index contributed by atoms with van der Waals surface area (Å²) in [5, 5.41) is 6.23. The third kappa shape index (κ3) is 3.43. The van der Waals surface area contributed by atoms with Gasteiger partial charge in [-0.3, -0.25) is 19.7 Å². The minimum absolute atomic E-state index is 0.138. The van der Waals surface area contributed by atoms with Gasteiger partial charge in [0.1, 0.15) is 6.23 Å². The minimum atomic E-state index is -2.19. The van der Waals surface area contributed by atoms with E-state index in [-0.39, 0.29) is 23.7 Å². The Kier molecular flexibility index (Phi) is 3.94. The number of hydrogen-bond acceptors (Lipinski definition) is 5. The first-order valence-electron chi connectivity index (χ1n) is 10.9. The van der Waals surface area contributed by atoms with Gasteiger partial charge in [0, 0.05) is 29.5 Å². The molecule has 1 saturated heterocycles. The number of nitrogens with one attached hydrogen (secondary N) is 3. The van der Waals surface area contributed by atoms with Crippen LogP contribution in [-0.2, 0) is 11.9 Å². The lowest BCUT2D eigenvalue weighted by atomic mass is 9.74. The fraction of sp³-hybridized carbons (Fsp3) is 0.684. The fourth-order valence-corrected chi connectivity index (χ4v) is 4.86. The largest absolute Gasteiger partial charge is 0.349 e. The van der Waals surface area contributed by atoms with E-state index in [1.165, 1.54) is 10.6 Å². The number of carbonyl (C=O) groups is 1. The summed E-state index contributed by atoms with van der Waals surface area (Å²) in [6, 6.07) is 3.12. The molecule has 7 nitrogen and oxygen atoms in total. The average Bonchev–Trinajstić information content (AvgIpc) is 3.31. The zero-order valence-electron chi connectivity index (χ0n) is 17.9. The summed E-state index contributed by atoms with van der Waals surface area (Å²) in [7, 11) is 1.64. The van der Waals surface area contributed by atoms with Crippen LogP contribution in [0.3, 0.4) is 0 Å². The van der Waals surface area contributed by atoms with Gasteiger partial charge in [-0.25, -0.2) is 0 Å². The molecule has 2 saturated carbocycles. The highest BCUT2D eigenvalue weighted by Gasteiger charge is 2.43. The maximum atomic E-state index is 12.6. The lowest BCUT2D eigenvalue weighted by Gasteiger charge is -2.36. The maximum absolute atomic E-state index is 12.6. The van der Waals surface area contributed by atoms with Crippen LogP contribution >= 0.6 is 0 Å². The van der Waals surface area contributed by atoms with Crippen molar-refractivity contribution >= 4 is 5.91 Å². The Hall–Kier alpha value is -1.70. The summed E-state index contributed by atoms with van der Waals surface area (Å²) < 4.78 is 23.9. The molecule has 3 fully saturated rings. The van der Waals surface area contributed by atoms with Gasteiger partial charge in [0.25, 0.3) is 5.91 Å². The number of fused-ring (bicyclic) bond motifs is 1. The van der Waals surface area contributed by atoms with Crippen LogP contribution in [0.2, 0.25) is 0 Å². The molecular formula is C19H28N4O3. The van der Waals surface area contributed by atoms with E-state index >= 15 is 0 Å². The van der Waals surface area contributed by atoms with E-state index < -0.39 is 13.1 Å². The molecule has 0 bridgehead atoms. The molecule has 3 N–H and O–H groups in total. The van der Waals surface area contributed by atoms with Crippen LogP contribution in [-0.4, -0.2) is 28.9 Å². The highest BCUT2D eigenvalue weighted by molar-refractivity contribution is 5.94. The predicted octanol–water partition coefficient (Wildman–Crippen LogP) is 1.11. The van der Waals surface area contributed by atoms with Crippen molar-refractivity contribution in [1.82, 2.24) is 20.7 Å². The van der Waals surface area contributed by atoms with Crippen LogP contribution in [0.25, 0.3) is 0 Å². The van der Waals surface area contributed by atoms with Gasteiger partial charge in [0.2, 0.25) is 5.56 Å². The predicted molar refractivity (Wildman–Crippen MR) is 97.1 cm³/mol. The number of carbonyl (C=O) groups excluding carboxylic acids is 1. The Morgan fingerprint density at radius 1 is 1.31 bits per heavy atom. The SMILES string of the molecule is [2H]C([2H])([2H])C1NC(C2CCC3C(CC[C@H]3NC(=O)c3ccc(=O)n(C)c3)C2)NO1. The van der Waals surface area contributed by atoms with Gasteiger partial charge in [-0.15, -0.1) is 0 Å². The van der Waals surface area contributed by atoms with Crippen LogP contribution in [0.15, 0.2) is 23.1 Å². The molecule has 0 radical (unpaired) electrons. The van der Waals surface area contributed by atoms with Crippen LogP contribution in [0.1, 0.15) is 53.4 Å². The number of aryl methyl sites for hydroxylation is 1. The molecular weight excluding hydrogens is 332 g/mol. The first kappa shape index (κ1) is 14.4. The van der Waals surface area contributed by atoms with Crippen LogP contribution in [0.4, 0.5) is 0 Å². The van der Waals surface area contributed by atoms with E-state index in [2.05, 4.69) is 16.1 Å². The molecule has 0 spiro atoms. The van der Waals surface area contributed by atoms with Gasteiger partial charge in [0.15, 0.2) is 0 Å². The molecule has 0 aromatic carbocycles. The molecule has 1 aromatic rings. The van der Waals surface area contributed by atoms with Crippen molar-refractivity contribution in [3.8, 4) is 0 Å². The zero-order valence-corrected chi connectivity index (χ0v) is 14.9. The van der Waals surface area contributed by atoms with E-state index in [1.807, 2.05) is 0 Å². The Morgan fingerprint density at radius 3 is 2.92 bits per heavy atom. The van der Waals surface area contributed by atoms with E-state index in [0.29, 0.717) is 23.3 Å². The number of nitrogens with zero attached hydrogens (tertiary/aromatic N) is 1. The van der Waals surface area contributed by atoms with Crippen LogP contribution in [0.5, 0.6) is 0 Å². The van der Waals surface area contributed by atoms with Crippen molar-refractivity contribution < 1.29 is 13.7 Å². The van der Waals surface area contributed by atoms with Crippen molar-refractivity contribution in [2.45, 2.75) is 57.4 Å². The van der Waals surface area contributed by atoms with Gasteiger partial charge in [-0.1, -0.05) is 0 Å². The van der Waals surface area contributed by atoms with Gasteiger partial charge >= 0.3 is 0 Å². The number of pyridine rings is 1. The van der Waals surface area contributed by atoms with E-state index in [0.717, 1.165) is 32.1 Å². The number of hydrogen-bond donors (Lipinski definition) is 3. The summed E-state index contributed by atoms with van der Waals surface area (Å²) in [6.07, 6.45) is 5.37. The third-order valence-corrected chi connectivity index (χ3v) is 6.23. The Bertz CT molecular complexity index is 828. The fourth-order valence-electron chi connectivity index (χ4n) is 4.86. The molecule has 1 aromatic heterocycles. The number of rotatable bonds is 3. The molecule has 142 valence electrons. The lowest BCUT2D eigenvalue weighted by Crippen LogP contribution is -2.45. The number of hydroxylamine groups is 1. The summed E-state index contributed by atoms with van der Waals surface area (Å²) >= 11 is 0. The summed E-state index contributed by atoms with van der Waals surface area (Å²) in [5.74, 6) is 1.11. The second-order valence-corrected chi connectivity index (χ2v) is 7.78. The third-order valence-electron chi connectivity index (χ3n) is 6.23. The molecule has 4 rings (SSSR count). The van der Waals surface area contributed by atoms with E-state index in [9.17, 15) is 9.59 Å². The van der Waals surface area contributed by atoms with Crippen molar-refractivity contribution in [2.24, 2.45) is 24.8 Å². The second kappa shape index (κ2) is 7.13. The standard InChI is InChI=1S/C19H28N4O3/c1-11-20-18(22-26-11)13-3-6-15-12(9-13)4-7-16(15)21-19(25)14-5-8-17(24)23(2)10-14/h5,8,10-13,15-16,18,20,22H,3-4,6-7,9H2,1-2H3,(H,21,25)/t11?,12?,13?,15?,16-,18?/m1/s1/i1D3. The van der Waals surface area contributed by atoms with Gasteiger partial charge in [-0.2, -0.15) is 5.48 Å². The maximum Gasteiger partial charge on any atom is 0.252 e. The molecule has 7 heteroatoms. The highest BCUT2D eigenvalue weighted by atomic mass is 16.7. The molecule has 5 unspecified atom stereocenters. The first-order chi connectivity index (χ1) is 13.7. The topological polar surface area (TPSA) is 84.4 Å². The zero-order chi connectivity index (χ0) is 20.8. The van der Waals surface area contributed by atoms with Crippen molar-refractivity contribution in [3.05, 3.63) is 34.2 Å². The van der Waals surface area contributed by atoms with Crippen molar-refractivity contribution in [2.75, 3.05) is 0 Å². The first-order valence-corrected chi connectivity index (χ1v) is 9.37. The highest BCUT2D eigenvalue weighted by Crippen LogP contribution is 2.45. The van der Waals surface area contributed by atoms with Gasteiger partial charge in [-0.05, 0) is 62.8 Å². The van der Waals surface area contributed by atoms with Crippen LogP contribution < -0.4 is 21.7 Å². The molecule has 2 heterocycles. The minimum Gasteiger partial charge on any atom is -0.349 e. The molecule has 1 aliphatic heterocycles. The summed E-state index contributed by atoms with van der Waals surface area (Å²) in [4.78, 5) is 29.4. The Balaban J connectivity index is 1.33. The van der Waals surface area contributed by atoms with Crippen molar-refractivity contribution in [3.63, 3.8) is 0 Å². The number of amides is 1. The summed E-state index contributed by atoms with van der Waals surface area (Å²) in [5.41, 5.74) is 3.23. The molecule has 6 atom stereocenters. The van der Waals surface area contributed by atoms with E-state index in [1.54, 1.807) is 19.3 Å².